The van der Waals surface area contributed by atoms with Crippen LogP contribution in [0.4, 0.5) is 13.2 Å². The van der Waals surface area contributed by atoms with Gasteiger partial charge in [-0.3, -0.25) is 0 Å². The lowest BCUT2D eigenvalue weighted by molar-refractivity contribution is -0.137. The van der Waals surface area contributed by atoms with E-state index in [1.807, 2.05) is 26.2 Å². The molecule has 128 valence electrons. The number of hydrogen-bond donors (Lipinski definition) is 0. The number of nitrogens with zero attached hydrogens (tertiary/aromatic N) is 1. The monoisotopic (exact) mass is 351 g/mol. The molecule has 0 spiro atoms. The van der Waals surface area contributed by atoms with Crippen LogP contribution < -0.4 is 0 Å². The minimum absolute atomic E-state index is 0.0980. The number of alkyl halides is 3. The Balaban J connectivity index is 2.04. The third kappa shape index (κ3) is 3.78. The molecule has 0 fully saturated rings. The van der Waals surface area contributed by atoms with Gasteiger partial charge in [-0.2, -0.15) is 13.2 Å². The van der Waals surface area contributed by atoms with E-state index in [4.69, 9.17) is 0 Å². The lowest BCUT2D eigenvalue weighted by Crippen LogP contribution is -2.17. The van der Waals surface area contributed by atoms with Gasteiger partial charge in [-0.15, -0.1) is 0 Å². The minimum atomic E-state index is -4.30. The number of benzene rings is 2. The van der Waals surface area contributed by atoms with E-state index in [1.165, 1.54) is 17.7 Å². The Morgan fingerprint density at radius 2 is 1.83 bits per heavy atom. The van der Waals surface area contributed by atoms with Crippen molar-refractivity contribution in [2.24, 2.45) is 0 Å². The predicted octanol–water partition coefficient (Wildman–Crippen LogP) is 5.45. The molecule has 0 saturated heterocycles. The summed E-state index contributed by atoms with van der Waals surface area (Å²) in [5, 5.41) is 0. The molecule has 1 aliphatic rings. The molecule has 0 N–H and O–H groups in total. The quantitative estimate of drug-likeness (QED) is 0.723. The van der Waals surface area contributed by atoms with E-state index < -0.39 is 11.7 Å². The van der Waals surface area contributed by atoms with Gasteiger partial charge in [0.2, 0.25) is 0 Å². The van der Waals surface area contributed by atoms with E-state index in [0.29, 0.717) is 0 Å². The molecule has 0 bridgehead atoms. The zero-order valence-corrected chi connectivity index (χ0v) is 14.5. The Hall–Kier alpha value is -1.46. The van der Waals surface area contributed by atoms with Crippen molar-refractivity contribution < 1.29 is 13.2 Å². The van der Waals surface area contributed by atoms with Crippen LogP contribution in [0.3, 0.4) is 0 Å². The fourth-order valence-electron chi connectivity index (χ4n) is 3.07. The second-order valence-corrected chi connectivity index (χ2v) is 7.54. The molecule has 1 atom stereocenters. The van der Waals surface area contributed by atoms with Crippen LogP contribution in [-0.2, 0) is 12.6 Å². The van der Waals surface area contributed by atoms with Gasteiger partial charge in [0.05, 0.1) is 5.56 Å². The molecule has 3 rings (SSSR count). The maximum absolute atomic E-state index is 13.1. The summed E-state index contributed by atoms with van der Waals surface area (Å²) in [5.41, 5.74) is 1.49. The molecule has 1 aliphatic heterocycles. The second-order valence-electron chi connectivity index (χ2n) is 6.45. The van der Waals surface area contributed by atoms with Gasteiger partial charge < -0.3 is 4.90 Å². The highest BCUT2D eigenvalue weighted by Gasteiger charge is 2.32. The fraction of sp³-hybridized carbons (Fsp3) is 0.368. The van der Waals surface area contributed by atoms with E-state index >= 15 is 0 Å². The normalized spacial score (nSPS) is 17.3. The van der Waals surface area contributed by atoms with Gasteiger partial charge in [-0.05, 0) is 74.8 Å². The predicted molar refractivity (Wildman–Crippen MR) is 91.6 cm³/mol. The van der Waals surface area contributed by atoms with Crippen LogP contribution in [0.25, 0.3) is 0 Å². The van der Waals surface area contributed by atoms with Gasteiger partial charge in [-0.1, -0.05) is 30.0 Å². The Morgan fingerprint density at radius 3 is 2.54 bits per heavy atom. The molecule has 24 heavy (non-hydrogen) atoms. The van der Waals surface area contributed by atoms with Gasteiger partial charge in [0.25, 0.3) is 0 Å². The maximum atomic E-state index is 13.1. The first-order valence-corrected chi connectivity index (χ1v) is 8.78. The average molecular weight is 351 g/mol. The third-order valence-electron chi connectivity index (χ3n) is 4.36. The summed E-state index contributed by atoms with van der Waals surface area (Å²) >= 11 is 1.58. The molecule has 0 radical (unpaired) electrons. The third-order valence-corrected chi connectivity index (χ3v) is 5.57. The van der Waals surface area contributed by atoms with Crippen molar-refractivity contribution >= 4 is 11.8 Å². The molecule has 1 nitrogen and oxygen atoms in total. The van der Waals surface area contributed by atoms with Crippen molar-refractivity contribution in [1.29, 1.82) is 0 Å². The smallest absolute Gasteiger partial charge is 0.309 e. The van der Waals surface area contributed by atoms with Gasteiger partial charge in [-0.25, -0.2) is 0 Å². The highest BCUT2D eigenvalue weighted by atomic mass is 32.2. The van der Waals surface area contributed by atoms with Crippen molar-refractivity contribution in [3.8, 4) is 0 Å². The molecule has 0 saturated carbocycles. The second kappa shape index (κ2) is 6.81. The van der Waals surface area contributed by atoms with E-state index in [9.17, 15) is 13.2 Å². The largest absolute Gasteiger partial charge is 0.416 e. The minimum Gasteiger partial charge on any atom is -0.309 e. The molecule has 0 aromatic heterocycles. The molecule has 0 aliphatic carbocycles. The van der Waals surface area contributed by atoms with Crippen molar-refractivity contribution in [3.05, 3.63) is 59.2 Å². The first-order chi connectivity index (χ1) is 11.3. The summed E-state index contributed by atoms with van der Waals surface area (Å²) in [6, 6.07) is 12.3. The number of rotatable bonds is 3. The van der Waals surface area contributed by atoms with Crippen LogP contribution in [0, 0.1) is 0 Å². The highest BCUT2D eigenvalue weighted by Crippen LogP contribution is 2.44. The summed E-state index contributed by atoms with van der Waals surface area (Å²) in [4.78, 5) is 4.17. The number of fused-ring (bicyclic) bond motifs is 2. The molecular formula is C19H20F3NS. The highest BCUT2D eigenvalue weighted by molar-refractivity contribution is 7.99. The lowest BCUT2D eigenvalue weighted by Gasteiger charge is -2.21. The average Bonchev–Trinajstić information content (AvgIpc) is 2.67. The van der Waals surface area contributed by atoms with E-state index in [0.717, 1.165) is 34.7 Å². The lowest BCUT2D eigenvalue weighted by atomic mass is 9.88. The van der Waals surface area contributed by atoms with Gasteiger partial charge in [0.1, 0.15) is 0 Å². The molecule has 1 heterocycles. The maximum Gasteiger partial charge on any atom is 0.416 e. The summed E-state index contributed by atoms with van der Waals surface area (Å²) in [5.74, 6) is 0.0980. The first-order valence-electron chi connectivity index (χ1n) is 7.96. The van der Waals surface area contributed by atoms with Gasteiger partial charge >= 0.3 is 6.18 Å². The molecule has 2 aromatic rings. The fourth-order valence-corrected chi connectivity index (χ4v) is 4.22. The van der Waals surface area contributed by atoms with Crippen molar-refractivity contribution in [2.75, 3.05) is 20.6 Å². The van der Waals surface area contributed by atoms with Crippen LogP contribution in [-0.4, -0.2) is 25.5 Å². The van der Waals surface area contributed by atoms with E-state index in [2.05, 4.69) is 17.0 Å². The van der Waals surface area contributed by atoms with Crippen molar-refractivity contribution in [3.63, 3.8) is 0 Å². The van der Waals surface area contributed by atoms with E-state index in [-0.39, 0.29) is 5.92 Å². The Morgan fingerprint density at radius 1 is 1.08 bits per heavy atom. The molecule has 2 aromatic carbocycles. The zero-order valence-electron chi connectivity index (χ0n) is 13.7. The van der Waals surface area contributed by atoms with Crippen LogP contribution in [0.2, 0.25) is 0 Å². The number of halogens is 3. The Kier molecular flexibility index (Phi) is 4.92. The molecular weight excluding hydrogens is 331 g/mol. The zero-order chi connectivity index (χ0) is 17.3. The Labute approximate surface area is 144 Å². The summed E-state index contributed by atoms with van der Waals surface area (Å²) in [7, 11) is 3.99. The van der Waals surface area contributed by atoms with Crippen LogP contribution in [0.5, 0.6) is 0 Å². The summed E-state index contributed by atoms with van der Waals surface area (Å²) in [6.45, 7) is 0.854. The SMILES string of the molecule is CN(C)CCC1Cc2ccccc2Sc2ccc(C(F)(F)F)cc21. The van der Waals surface area contributed by atoms with Crippen LogP contribution in [0.1, 0.15) is 29.0 Å². The van der Waals surface area contributed by atoms with Crippen molar-refractivity contribution in [1.82, 2.24) is 4.90 Å². The Bertz CT molecular complexity index is 725. The molecule has 5 heteroatoms. The van der Waals surface area contributed by atoms with Crippen molar-refractivity contribution in [2.45, 2.75) is 34.7 Å². The number of hydrogen-bond acceptors (Lipinski definition) is 2. The van der Waals surface area contributed by atoms with E-state index in [1.54, 1.807) is 17.8 Å². The molecule has 0 amide bonds. The molecule has 1 unspecified atom stereocenters. The van der Waals surface area contributed by atoms with Crippen LogP contribution >= 0.6 is 11.8 Å². The first kappa shape index (κ1) is 17.4. The standard InChI is InChI=1S/C19H20F3NS/c1-23(2)10-9-13-11-14-5-3-4-6-17(14)24-18-8-7-15(12-16(13)18)19(20,21)22/h3-8,12-13H,9-11H2,1-2H3. The van der Waals surface area contributed by atoms with Gasteiger partial charge in [0.15, 0.2) is 0 Å². The summed E-state index contributed by atoms with van der Waals surface area (Å²) in [6.07, 6.45) is -2.67. The summed E-state index contributed by atoms with van der Waals surface area (Å²) < 4.78 is 39.4. The van der Waals surface area contributed by atoms with Crippen LogP contribution in [0.15, 0.2) is 52.3 Å². The topological polar surface area (TPSA) is 3.24 Å². The van der Waals surface area contributed by atoms with Gasteiger partial charge in [0, 0.05) is 9.79 Å².